The average Bonchev–Trinajstić information content (AvgIpc) is 2.16. The minimum Gasteiger partial charge on any atom is -0.0864 e. The maximum absolute atomic E-state index is 8.01. The molecule has 3 nitrogen and oxygen atoms in total. The third-order valence-electron chi connectivity index (χ3n) is 1.38. The minimum atomic E-state index is -0.0463. The molecular formula is C4H6IN3. The summed E-state index contributed by atoms with van der Waals surface area (Å²) in [5, 5.41) is 3.62. The number of halogens is 1. The maximum atomic E-state index is 8.01. The van der Waals surface area contributed by atoms with Gasteiger partial charge in [-0.05, 0) is 12.0 Å². The summed E-state index contributed by atoms with van der Waals surface area (Å²) in [4.78, 5) is 2.74. The summed E-state index contributed by atoms with van der Waals surface area (Å²) in [7, 11) is 0. The topological polar surface area (TPSA) is 48.8 Å². The Hall–Kier alpha value is 0.0400. The highest BCUT2D eigenvalue weighted by Gasteiger charge is 2.47. The fourth-order valence-electron chi connectivity index (χ4n) is 0.510. The summed E-state index contributed by atoms with van der Waals surface area (Å²) < 4.78 is 0.566. The van der Waals surface area contributed by atoms with Crippen LogP contribution in [0.5, 0.6) is 0 Å². The summed E-state index contributed by atoms with van der Waals surface area (Å²) in [6, 6.07) is 0. The van der Waals surface area contributed by atoms with Gasteiger partial charge in [-0.3, -0.25) is 0 Å². The second-order valence-electron chi connectivity index (χ2n) is 2.22. The monoisotopic (exact) mass is 223 g/mol. The van der Waals surface area contributed by atoms with E-state index in [0.717, 1.165) is 6.42 Å². The lowest BCUT2D eigenvalue weighted by atomic mass is 10.4. The largest absolute Gasteiger partial charge is 0.0864 e. The van der Waals surface area contributed by atoms with Crippen LogP contribution in [-0.4, -0.2) is 9.46 Å². The predicted molar refractivity (Wildman–Crippen MR) is 40.0 cm³/mol. The molecule has 0 unspecified atom stereocenters. The van der Waals surface area contributed by atoms with Gasteiger partial charge in [-0.25, -0.2) is 0 Å². The van der Waals surface area contributed by atoms with E-state index in [2.05, 4.69) is 32.6 Å². The fourth-order valence-corrected chi connectivity index (χ4v) is 1.53. The summed E-state index contributed by atoms with van der Waals surface area (Å²) >= 11 is 2.29. The van der Waals surface area contributed by atoms with Crippen molar-refractivity contribution in [1.29, 1.82) is 0 Å². The van der Waals surface area contributed by atoms with Crippen molar-refractivity contribution < 1.29 is 0 Å². The van der Waals surface area contributed by atoms with Crippen LogP contribution < -0.4 is 0 Å². The van der Waals surface area contributed by atoms with Gasteiger partial charge in [0.25, 0.3) is 0 Å². The van der Waals surface area contributed by atoms with E-state index in [0.29, 0.717) is 3.92 Å². The van der Waals surface area contributed by atoms with Crippen molar-refractivity contribution in [2.75, 3.05) is 0 Å². The summed E-state index contributed by atoms with van der Waals surface area (Å²) in [6.07, 6.45) is 1.04. The van der Waals surface area contributed by atoms with Gasteiger partial charge in [0.05, 0.1) is 5.54 Å². The molecule has 0 N–H and O–H groups in total. The highest BCUT2D eigenvalue weighted by molar-refractivity contribution is 14.1. The molecule has 0 aromatic rings. The Bertz CT molecular complexity index is 151. The van der Waals surface area contributed by atoms with Gasteiger partial charge in [-0.15, -0.1) is 0 Å². The highest BCUT2D eigenvalue weighted by Crippen LogP contribution is 2.46. The normalized spacial score (nSPS) is 43.0. The number of hydrogen-bond acceptors (Lipinski definition) is 1. The molecule has 0 heterocycles. The summed E-state index contributed by atoms with van der Waals surface area (Å²) in [6.45, 7) is 1.98. The zero-order chi connectivity index (χ0) is 6.20. The Morgan fingerprint density at radius 2 is 2.50 bits per heavy atom. The standard InChI is InChI=1S/C4H6IN3/c1-4(7-8-6)2-3(4)5/h3H,2H2,1H3/t3-,4-/m1/s1. The molecule has 1 fully saturated rings. The molecule has 44 valence electrons. The Kier molecular flexibility index (Phi) is 1.37. The molecule has 1 saturated carbocycles. The lowest BCUT2D eigenvalue weighted by molar-refractivity contribution is 0.762. The zero-order valence-electron chi connectivity index (χ0n) is 4.50. The van der Waals surface area contributed by atoms with Crippen molar-refractivity contribution in [2.45, 2.75) is 22.8 Å². The van der Waals surface area contributed by atoms with Crippen molar-refractivity contribution in [3.63, 3.8) is 0 Å². The molecule has 1 rings (SSSR count). The van der Waals surface area contributed by atoms with Gasteiger partial charge in [0, 0.05) is 8.84 Å². The zero-order valence-corrected chi connectivity index (χ0v) is 6.66. The number of azide groups is 1. The van der Waals surface area contributed by atoms with E-state index < -0.39 is 0 Å². The first-order valence-electron chi connectivity index (χ1n) is 2.39. The third kappa shape index (κ3) is 0.902. The van der Waals surface area contributed by atoms with E-state index in [1.165, 1.54) is 0 Å². The van der Waals surface area contributed by atoms with Gasteiger partial charge < -0.3 is 0 Å². The van der Waals surface area contributed by atoms with Crippen molar-refractivity contribution >= 4 is 22.6 Å². The van der Waals surface area contributed by atoms with Gasteiger partial charge in [0.1, 0.15) is 0 Å². The molecule has 0 radical (unpaired) electrons. The van der Waals surface area contributed by atoms with Crippen LogP contribution in [-0.2, 0) is 0 Å². The van der Waals surface area contributed by atoms with Crippen LogP contribution in [0.2, 0.25) is 0 Å². The number of rotatable bonds is 1. The molecular weight excluding hydrogens is 217 g/mol. The van der Waals surface area contributed by atoms with Gasteiger partial charge in [0.2, 0.25) is 0 Å². The molecule has 1 aliphatic carbocycles. The van der Waals surface area contributed by atoms with Gasteiger partial charge in [-0.1, -0.05) is 34.6 Å². The SMILES string of the molecule is C[C@@]1(N=[N+]=[N-])C[C@H]1I. The van der Waals surface area contributed by atoms with E-state index in [1.807, 2.05) is 6.92 Å². The first-order valence-corrected chi connectivity index (χ1v) is 3.64. The second-order valence-corrected chi connectivity index (χ2v) is 3.72. The smallest absolute Gasteiger partial charge is 0.0587 e. The summed E-state index contributed by atoms with van der Waals surface area (Å²) in [5.74, 6) is 0. The first kappa shape index (κ1) is 6.16. The van der Waals surface area contributed by atoms with Crippen molar-refractivity contribution in [2.24, 2.45) is 5.11 Å². The van der Waals surface area contributed by atoms with Crippen molar-refractivity contribution in [3.05, 3.63) is 10.4 Å². The molecule has 2 atom stereocenters. The second kappa shape index (κ2) is 1.77. The van der Waals surface area contributed by atoms with E-state index in [9.17, 15) is 0 Å². The molecule has 0 bridgehead atoms. The summed E-state index contributed by atoms with van der Waals surface area (Å²) in [5.41, 5.74) is 7.97. The number of alkyl halides is 1. The fraction of sp³-hybridized carbons (Fsp3) is 1.00. The van der Waals surface area contributed by atoms with E-state index >= 15 is 0 Å². The lowest BCUT2D eigenvalue weighted by Crippen LogP contribution is -1.97. The molecule has 1 aliphatic rings. The van der Waals surface area contributed by atoms with Crippen LogP contribution >= 0.6 is 22.6 Å². The number of hydrogen-bond donors (Lipinski definition) is 0. The molecule has 0 amide bonds. The molecule has 0 aromatic carbocycles. The van der Waals surface area contributed by atoms with Crippen molar-refractivity contribution in [3.8, 4) is 0 Å². The van der Waals surface area contributed by atoms with Crippen LogP contribution in [0.15, 0.2) is 5.11 Å². The van der Waals surface area contributed by atoms with Crippen LogP contribution in [0.25, 0.3) is 10.4 Å². The Morgan fingerprint density at radius 1 is 2.00 bits per heavy atom. The maximum Gasteiger partial charge on any atom is 0.0587 e. The van der Waals surface area contributed by atoms with E-state index in [4.69, 9.17) is 5.53 Å². The lowest BCUT2D eigenvalue weighted by Gasteiger charge is -1.92. The average molecular weight is 223 g/mol. The molecule has 4 heteroatoms. The van der Waals surface area contributed by atoms with Crippen LogP contribution in [0.3, 0.4) is 0 Å². The third-order valence-corrected chi connectivity index (χ3v) is 3.16. The van der Waals surface area contributed by atoms with Gasteiger partial charge in [0.15, 0.2) is 0 Å². The Labute approximate surface area is 61.2 Å². The van der Waals surface area contributed by atoms with Crippen LogP contribution in [0.4, 0.5) is 0 Å². The first-order chi connectivity index (χ1) is 3.69. The van der Waals surface area contributed by atoms with E-state index in [-0.39, 0.29) is 5.54 Å². The van der Waals surface area contributed by atoms with Gasteiger partial charge in [-0.2, -0.15) is 0 Å². The molecule has 8 heavy (non-hydrogen) atoms. The number of nitrogens with zero attached hydrogens (tertiary/aromatic N) is 3. The highest BCUT2D eigenvalue weighted by atomic mass is 127. The minimum absolute atomic E-state index is 0.0463. The van der Waals surface area contributed by atoms with Crippen LogP contribution in [0, 0.1) is 0 Å². The molecule has 0 aromatic heterocycles. The van der Waals surface area contributed by atoms with Crippen LogP contribution in [0.1, 0.15) is 13.3 Å². The van der Waals surface area contributed by atoms with Crippen molar-refractivity contribution in [1.82, 2.24) is 0 Å². The van der Waals surface area contributed by atoms with E-state index in [1.54, 1.807) is 0 Å². The molecule has 0 saturated heterocycles. The van der Waals surface area contributed by atoms with Gasteiger partial charge >= 0.3 is 0 Å². The molecule has 0 spiro atoms. The Balaban J connectivity index is 2.59. The quantitative estimate of drug-likeness (QED) is 0.215. The predicted octanol–water partition coefficient (Wildman–Crippen LogP) is 2.26. The Morgan fingerprint density at radius 3 is 2.62 bits per heavy atom. The molecule has 0 aliphatic heterocycles.